The average Bonchev–Trinajstić information content (AvgIpc) is 3.24. The molecule has 4 aromatic rings. The van der Waals surface area contributed by atoms with Crippen LogP contribution in [0.2, 0.25) is 0 Å². The Kier molecular flexibility index (Phi) is 6.46. The molecule has 0 bridgehead atoms. The van der Waals surface area contributed by atoms with Crippen molar-refractivity contribution in [3.8, 4) is 22.3 Å². The van der Waals surface area contributed by atoms with Crippen molar-refractivity contribution < 1.29 is 19.4 Å². The lowest BCUT2D eigenvalue weighted by Crippen LogP contribution is -2.08. The highest BCUT2D eigenvalue weighted by Crippen LogP contribution is 2.32. The molecule has 2 aromatic carbocycles. The Bertz CT molecular complexity index is 1260. The van der Waals surface area contributed by atoms with E-state index in [9.17, 15) is 9.90 Å². The predicted octanol–water partition coefficient (Wildman–Crippen LogP) is 4.51. The highest BCUT2D eigenvalue weighted by atomic mass is 32.1. The molecule has 9 heteroatoms. The number of aromatic nitrogens is 3. The Morgan fingerprint density at radius 2 is 2.03 bits per heavy atom. The van der Waals surface area contributed by atoms with Crippen LogP contribution in [0.1, 0.15) is 22.2 Å². The average molecular weight is 451 g/mol. The van der Waals surface area contributed by atoms with Crippen LogP contribution < -0.4 is 14.8 Å². The highest BCUT2D eigenvalue weighted by molar-refractivity contribution is 7.17. The normalized spacial score (nSPS) is 10.8. The van der Waals surface area contributed by atoms with Gasteiger partial charge in [0, 0.05) is 18.2 Å². The SMILES string of the molecule is CCOc1nc(-c2cc(NCCc3c(OC)ccc4ccccc34)ncn2)sc1C(=O)O. The van der Waals surface area contributed by atoms with E-state index < -0.39 is 5.97 Å². The minimum Gasteiger partial charge on any atom is -0.496 e. The number of aromatic carboxylic acids is 1. The van der Waals surface area contributed by atoms with E-state index in [1.165, 1.54) is 6.33 Å². The van der Waals surface area contributed by atoms with E-state index in [1.54, 1.807) is 20.1 Å². The minimum absolute atomic E-state index is 0.0537. The number of hydrogen-bond donors (Lipinski definition) is 2. The fourth-order valence-corrected chi connectivity index (χ4v) is 4.25. The molecule has 8 nitrogen and oxygen atoms in total. The molecule has 2 aromatic heterocycles. The zero-order valence-electron chi connectivity index (χ0n) is 17.7. The Morgan fingerprint density at radius 3 is 2.81 bits per heavy atom. The quantitative estimate of drug-likeness (QED) is 0.384. The summed E-state index contributed by atoms with van der Waals surface area (Å²) in [5.74, 6) is 0.505. The van der Waals surface area contributed by atoms with Crippen LogP contribution >= 0.6 is 11.3 Å². The fraction of sp³-hybridized carbons (Fsp3) is 0.217. The van der Waals surface area contributed by atoms with Gasteiger partial charge < -0.3 is 19.9 Å². The maximum Gasteiger partial charge on any atom is 0.351 e. The molecule has 2 heterocycles. The Balaban J connectivity index is 1.52. The van der Waals surface area contributed by atoms with Crippen molar-refractivity contribution in [1.82, 2.24) is 15.0 Å². The van der Waals surface area contributed by atoms with Crippen LogP contribution in [0, 0.1) is 0 Å². The maximum absolute atomic E-state index is 11.5. The first-order valence-corrected chi connectivity index (χ1v) is 10.9. The van der Waals surface area contributed by atoms with E-state index in [0.29, 0.717) is 29.7 Å². The minimum atomic E-state index is -1.08. The third kappa shape index (κ3) is 4.47. The molecule has 0 saturated carbocycles. The second-order valence-electron chi connectivity index (χ2n) is 6.82. The lowest BCUT2D eigenvalue weighted by Gasteiger charge is -2.13. The van der Waals surface area contributed by atoms with E-state index in [4.69, 9.17) is 9.47 Å². The molecule has 0 spiro atoms. The molecule has 0 aliphatic rings. The maximum atomic E-state index is 11.5. The number of anilines is 1. The molecule has 32 heavy (non-hydrogen) atoms. The number of hydrogen-bond acceptors (Lipinski definition) is 8. The van der Waals surface area contributed by atoms with Gasteiger partial charge in [-0.3, -0.25) is 0 Å². The van der Waals surface area contributed by atoms with Crippen LogP contribution in [0.4, 0.5) is 5.82 Å². The third-order valence-corrected chi connectivity index (χ3v) is 5.90. The molecule has 164 valence electrons. The van der Waals surface area contributed by atoms with Gasteiger partial charge in [-0.2, -0.15) is 4.98 Å². The molecule has 0 aliphatic heterocycles. The monoisotopic (exact) mass is 450 g/mol. The number of thiazole rings is 1. The molecule has 0 saturated heterocycles. The van der Waals surface area contributed by atoms with Gasteiger partial charge in [-0.25, -0.2) is 14.8 Å². The third-order valence-electron chi connectivity index (χ3n) is 4.86. The van der Waals surface area contributed by atoms with Gasteiger partial charge in [-0.15, -0.1) is 11.3 Å². The second-order valence-corrected chi connectivity index (χ2v) is 7.82. The molecule has 0 amide bonds. The molecular weight excluding hydrogens is 428 g/mol. The molecule has 2 N–H and O–H groups in total. The van der Waals surface area contributed by atoms with Crippen LogP contribution in [-0.2, 0) is 6.42 Å². The van der Waals surface area contributed by atoms with Crippen LogP contribution in [0.25, 0.3) is 21.5 Å². The number of ether oxygens (including phenoxy) is 2. The summed E-state index contributed by atoms with van der Waals surface area (Å²) in [4.78, 5) is 24.3. The van der Waals surface area contributed by atoms with Crippen molar-refractivity contribution in [3.63, 3.8) is 0 Å². The summed E-state index contributed by atoms with van der Waals surface area (Å²) in [5, 5.41) is 15.5. The standard InChI is InChI=1S/C23H22N4O4S/c1-3-31-21-20(23(28)29)32-22(27-21)17-12-19(26-13-25-17)24-11-10-16-15-7-5-4-6-14(15)8-9-18(16)30-2/h4-9,12-13H,3,10-11H2,1-2H3,(H,28,29)(H,24,25,26). The van der Waals surface area contributed by atoms with Crippen LogP contribution in [0.3, 0.4) is 0 Å². The van der Waals surface area contributed by atoms with E-state index in [-0.39, 0.29) is 10.8 Å². The molecular formula is C23H22N4O4S. The number of rotatable bonds is 9. The van der Waals surface area contributed by atoms with Crippen molar-refractivity contribution >= 4 is 33.9 Å². The predicted molar refractivity (Wildman–Crippen MR) is 124 cm³/mol. The van der Waals surface area contributed by atoms with E-state index in [0.717, 1.165) is 39.8 Å². The molecule has 4 rings (SSSR count). The number of carbonyl (C=O) groups is 1. The van der Waals surface area contributed by atoms with Gasteiger partial charge in [0.1, 0.15) is 28.6 Å². The first-order chi connectivity index (χ1) is 15.6. The number of carboxylic acids is 1. The number of nitrogens with one attached hydrogen (secondary N) is 1. The van der Waals surface area contributed by atoms with Crippen LogP contribution in [0.15, 0.2) is 48.8 Å². The summed E-state index contributed by atoms with van der Waals surface area (Å²) in [6.45, 7) is 2.74. The Morgan fingerprint density at radius 1 is 1.19 bits per heavy atom. The van der Waals surface area contributed by atoms with Crippen LogP contribution in [-0.4, -0.2) is 46.3 Å². The van der Waals surface area contributed by atoms with Crippen LogP contribution in [0.5, 0.6) is 11.6 Å². The Labute approximate surface area is 188 Å². The summed E-state index contributed by atoms with van der Waals surface area (Å²) < 4.78 is 10.9. The smallest absolute Gasteiger partial charge is 0.351 e. The number of nitrogens with zero attached hydrogens (tertiary/aromatic N) is 3. The van der Waals surface area contributed by atoms with Gasteiger partial charge >= 0.3 is 5.97 Å². The van der Waals surface area contributed by atoms with Gasteiger partial charge in [-0.1, -0.05) is 30.3 Å². The molecule has 0 aliphatic carbocycles. The summed E-state index contributed by atoms with van der Waals surface area (Å²) in [7, 11) is 1.67. The van der Waals surface area contributed by atoms with Crippen molar-refractivity contribution in [2.45, 2.75) is 13.3 Å². The fourth-order valence-electron chi connectivity index (χ4n) is 3.44. The number of methoxy groups -OCH3 is 1. The highest BCUT2D eigenvalue weighted by Gasteiger charge is 2.20. The first kappa shape index (κ1) is 21.5. The largest absolute Gasteiger partial charge is 0.496 e. The summed E-state index contributed by atoms with van der Waals surface area (Å²) in [6.07, 6.45) is 2.16. The van der Waals surface area contributed by atoms with Crippen molar-refractivity contribution in [3.05, 3.63) is 59.2 Å². The molecule has 0 atom stereocenters. The van der Waals surface area contributed by atoms with Gasteiger partial charge in [0.25, 0.3) is 0 Å². The van der Waals surface area contributed by atoms with Crippen molar-refractivity contribution in [2.75, 3.05) is 25.6 Å². The number of benzene rings is 2. The summed E-state index contributed by atoms with van der Waals surface area (Å²) >= 11 is 1.03. The van der Waals surface area contributed by atoms with Gasteiger partial charge in [0.2, 0.25) is 5.88 Å². The topological polar surface area (TPSA) is 106 Å². The zero-order valence-corrected chi connectivity index (χ0v) is 18.5. The lowest BCUT2D eigenvalue weighted by atomic mass is 10.0. The summed E-state index contributed by atoms with van der Waals surface area (Å²) in [6, 6.07) is 14.0. The van der Waals surface area contributed by atoms with E-state index in [2.05, 4.69) is 38.5 Å². The number of fused-ring (bicyclic) bond motifs is 1. The van der Waals surface area contributed by atoms with Gasteiger partial charge in [0.05, 0.1) is 13.7 Å². The van der Waals surface area contributed by atoms with Crippen molar-refractivity contribution in [1.29, 1.82) is 0 Å². The first-order valence-electron chi connectivity index (χ1n) is 10.1. The zero-order chi connectivity index (χ0) is 22.5. The Hall–Kier alpha value is -3.72. The lowest BCUT2D eigenvalue weighted by molar-refractivity contribution is 0.0697. The van der Waals surface area contributed by atoms with Gasteiger partial charge in [0.15, 0.2) is 4.88 Å². The molecule has 0 unspecified atom stereocenters. The van der Waals surface area contributed by atoms with Crippen molar-refractivity contribution in [2.24, 2.45) is 0 Å². The van der Waals surface area contributed by atoms with E-state index >= 15 is 0 Å². The molecule has 0 fully saturated rings. The second kappa shape index (κ2) is 9.61. The van der Waals surface area contributed by atoms with E-state index in [1.807, 2.05) is 18.2 Å². The summed E-state index contributed by atoms with van der Waals surface area (Å²) in [5.41, 5.74) is 1.66. The molecule has 0 radical (unpaired) electrons. The number of carboxylic acid groups (broad SMARTS) is 1. The van der Waals surface area contributed by atoms with Gasteiger partial charge in [-0.05, 0) is 30.2 Å².